The molecule has 2 amide bonds. The number of hydrogen-bond donors (Lipinski definition) is 2. The van der Waals surface area contributed by atoms with Crippen molar-refractivity contribution in [3.63, 3.8) is 0 Å². The van der Waals surface area contributed by atoms with E-state index in [9.17, 15) is 9.59 Å². The average molecular weight is 432 g/mol. The van der Waals surface area contributed by atoms with Gasteiger partial charge in [-0.2, -0.15) is 4.98 Å². The molecule has 3 heterocycles. The van der Waals surface area contributed by atoms with Crippen molar-refractivity contribution in [1.29, 1.82) is 0 Å². The van der Waals surface area contributed by atoms with Crippen molar-refractivity contribution in [2.45, 2.75) is 25.4 Å². The topological polar surface area (TPSA) is 130 Å². The van der Waals surface area contributed by atoms with E-state index in [-0.39, 0.29) is 29.5 Å². The highest BCUT2D eigenvalue weighted by Gasteiger charge is 2.36. The van der Waals surface area contributed by atoms with Crippen LogP contribution >= 0.6 is 0 Å². The zero-order valence-corrected chi connectivity index (χ0v) is 17.9. The highest BCUT2D eigenvalue weighted by atomic mass is 16.2. The van der Waals surface area contributed by atoms with E-state index in [2.05, 4.69) is 32.1 Å². The number of nitrogens with one attached hydrogen (secondary N) is 1. The summed E-state index contributed by atoms with van der Waals surface area (Å²) < 4.78 is 0. The molecule has 0 radical (unpaired) electrons. The molecule has 1 aliphatic rings. The molecule has 4 rings (SSSR count). The predicted molar refractivity (Wildman–Crippen MR) is 122 cm³/mol. The molecule has 2 atom stereocenters. The number of benzene rings is 1. The van der Waals surface area contributed by atoms with Gasteiger partial charge < -0.3 is 20.9 Å². The summed E-state index contributed by atoms with van der Waals surface area (Å²) in [5.41, 5.74) is 7.00. The van der Waals surface area contributed by atoms with Crippen molar-refractivity contribution >= 4 is 40.2 Å². The molecule has 0 spiro atoms. The molecule has 3 N–H and O–H groups in total. The van der Waals surface area contributed by atoms with Gasteiger partial charge in [0.2, 0.25) is 11.9 Å². The second-order valence-electron chi connectivity index (χ2n) is 7.65. The normalized spacial score (nSPS) is 17.9. The zero-order chi connectivity index (χ0) is 22.8. The fourth-order valence-electron chi connectivity index (χ4n) is 4.03. The molecule has 164 valence electrons. The van der Waals surface area contributed by atoms with Gasteiger partial charge in [0.05, 0.1) is 11.6 Å². The van der Waals surface area contributed by atoms with Crippen molar-refractivity contribution in [1.82, 2.24) is 25.1 Å². The molecule has 3 aromatic rings. The number of nitrogens with zero attached hydrogens (tertiary/aromatic N) is 6. The number of carbonyl (C=O) groups is 2. The lowest BCUT2D eigenvalue weighted by Gasteiger charge is -2.30. The van der Waals surface area contributed by atoms with Crippen LogP contribution in [0.4, 0.5) is 17.5 Å². The molecule has 2 aromatic heterocycles. The van der Waals surface area contributed by atoms with Gasteiger partial charge in [-0.05, 0) is 43.7 Å². The highest BCUT2D eigenvalue weighted by molar-refractivity contribution is 5.96. The lowest BCUT2D eigenvalue weighted by Crippen LogP contribution is -2.44. The van der Waals surface area contributed by atoms with Crippen molar-refractivity contribution in [2.75, 3.05) is 23.8 Å². The van der Waals surface area contributed by atoms with E-state index >= 15 is 0 Å². The van der Waals surface area contributed by atoms with E-state index in [1.165, 1.54) is 6.08 Å². The molecule has 1 aromatic carbocycles. The number of primary amides is 1. The average Bonchev–Trinajstić information content (AvgIpc) is 3.19. The van der Waals surface area contributed by atoms with Gasteiger partial charge in [-0.3, -0.25) is 14.6 Å². The molecule has 32 heavy (non-hydrogen) atoms. The minimum absolute atomic E-state index is 0.0141. The predicted octanol–water partition coefficient (Wildman–Crippen LogP) is 1.87. The van der Waals surface area contributed by atoms with E-state index in [4.69, 9.17) is 5.73 Å². The third-order valence-corrected chi connectivity index (χ3v) is 5.76. The van der Waals surface area contributed by atoms with Crippen molar-refractivity contribution in [2.24, 2.45) is 5.73 Å². The Morgan fingerprint density at radius 3 is 2.88 bits per heavy atom. The van der Waals surface area contributed by atoms with Crippen molar-refractivity contribution in [3.05, 3.63) is 54.9 Å². The zero-order valence-electron chi connectivity index (χ0n) is 17.9. The van der Waals surface area contributed by atoms with Crippen LogP contribution in [0.25, 0.3) is 10.9 Å². The van der Waals surface area contributed by atoms with Crippen molar-refractivity contribution < 1.29 is 9.59 Å². The van der Waals surface area contributed by atoms with Crippen LogP contribution in [0.3, 0.4) is 0 Å². The maximum Gasteiger partial charge on any atom is 0.273 e. The van der Waals surface area contributed by atoms with E-state index in [0.717, 1.165) is 17.3 Å². The molecule has 10 nitrogen and oxygen atoms in total. The van der Waals surface area contributed by atoms with Gasteiger partial charge in [0.25, 0.3) is 5.91 Å². The fourth-order valence-corrected chi connectivity index (χ4v) is 4.03. The maximum absolute atomic E-state index is 12.1. The second kappa shape index (κ2) is 8.58. The second-order valence-corrected chi connectivity index (χ2v) is 7.65. The third kappa shape index (κ3) is 3.94. The summed E-state index contributed by atoms with van der Waals surface area (Å²) in [6.45, 7) is 6.16. The van der Waals surface area contributed by atoms with Gasteiger partial charge >= 0.3 is 0 Å². The lowest BCUT2D eigenvalue weighted by molar-refractivity contribution is -0.126. The van der Waals surface area contributed by atoms with Crippen LogP contribution < -0.4 is 16.0 Å². The molecule has 10 heteroatoms. The van der Waals surface area contributed by atoms with Gasteiger partial charge in [-0.1, -0.05) is 12.6 Å². The lowest BCUT2D eigenvalue weighted by atomic mass is 10.1. The van der Waals surface area contributed by atoms with Crippen LogP contribution in [0.5, 0.6) is 0 Å². The summed E-state index contributed by atoms with van der Waals surface area (Å²) >= 11 is 0. The summed E-state index contributed by atoms with van der Waals surface area (Å²) in [5.74, 6) is -0.308. The molecule has 1 fully saturated rings. The summed E-state index contributed by atoms with van der Waals surface area (Å²) in [5, 5.41) is 12.2. The molecule has 0 unspecified atom stereocenters. The Morgan fingerprint density at radius 1 is 1.31 bits per heavy atom. The Labute approximate surface area is 185 Å². The van der Waals surface area contributed by atoms with Crippen LogP contribution in [0, 0.1) is 0 Å². The largest absolute Gasteiger partial charge is 0.364 e. The number of likely N-dealkylation sites (tertiary alicyclic amines) is 1. The molecule has 0 saturated carbocycles. The summed E-state index contributed by atoms with van der Waals surface area (Å²) in [6.07, 6.45) is 3.79. The van der Waals surface area contributed by atoms with Crippen LogP contribution in [0.2, 0.25) is 0 Å². The van der Waals surface area contributed by atoms with Crippen LogP contribution in [-0.2, 0) is 4.79 Å². The number of rotatable bonds is 6. The summed E-state index contributed by atoms with van der Waals surface area (Å²) in [4.78, 5) is 36.5. The number of hydrogen-bond acceptors (Lipinski definition) is 8. The number of pyridine rings is 1. The Bertz CT molecular complexity index is 1200. The van der Waals surface area contributed by atoms with Gasteiger partial charge in [0.15, 0.2) is 11.5 Å². The van der Waals surface area contributed by atoms with Gasteiger partial charge in [-0.25, -0.2) is 0 Å². The molecular formula is C22H24N8O2. The Hall–Kier alpha value is -4.08. The molecule has 1 aliphatic heterocycles. The van der Waals surface area contributed by atoms with E-state index in [0.29, 0.717) is 18.2 Å². The van der Waals surface area contributed by atoms with E-state index in [1.54, 1.807) is 11.1 Å². The van der Waals surface area contributed by atoms with Crippen LogP contribution in [-0.4, -0.2) is 62.6 Å². The number of fused-ring (bicyclic) bond motifs is 1. The maximum atomic E-state index is 12.1. The standard InChI is InChI=1S/C22H24N8O2/c1-4-18(31)30-11-9-17(13(30)2)29(3)22-26-21(19(20(23)32)27-28-22)25-15-7-8-16-14(12-15)6-5-10-24-16/h4-8,10,12-13,17H,1,9,11H2,2-3H3,(H2,23,32)(H,25,26,28)/t13-,17-/m1/s1. The summed E-state index contributed by atoms with van der Waals surface area (Å²) in [7, 11) is 1.84. The SMILES string of the molecule is C=CC(=O)N1CC[C@@H](N(C)c2nnc(C(N)=O)c(Nc3ccc4ncccc4c3)n2)[C@H]1C. The first-order chi connectivity index (χ1) is 15.4. The quantitative estimate of drug-likeness (QED) is 0.565. The summed E-state index contributed by atoms with van der Waals surface area (Å²) in [6, 6.07) is 9.32. The first-order valence-electron chi connectivity index (χ1n) is 10.2. The number of amides is 2. The molecule has 0 aliphatic carbocycles. The van der Waals surface area contributed by atoms with Gasteiger partial charge in [0, 0.05) is 36.9 Å². The Morgan fingerprint density at radius 2 is 2.12 bits per heavy atom. The highest BCUT2D eigenvalue weighted by Crippen LogP contribution is 2.27. The third-order valence-electron chi connectivity index (χ3n) is 5.76. The monoisotopic (exact) mass is 432 g/mol. The Balaban J connectivity index is 1.63. The first-order valence-corrected chi connectivity index (χ1v) is 10.2. The van der Waals surface area contributed by atoms with Gasteiger partial charge in [0.1, 0.15) is 0 Å². The molecular weight excluding hydrogens is 408 g/mol. The fraction of sp³-hybridized carbons (Fsp3) is 0.273. The number of anilines is 3. The van der Waals surface area contributed by atoms with Crippen LogP contribution in [0.1, 0.15) is 23.8 Å². The Kier molecular flexibility index (Phi) is 5.67. The molecule has 0 bridgehead atoms. The number of carbonyl (C=O) groups excluding carboxylic acids is 2. The molecule has 1 saturated heterocycles. The first kappa shape index (κ1) is 21.2. The van der Waals surface area contributed by atoms with Crippen LogP contribution in [0.15, 0.2) is 49.2 Å². The minimum Gasteiger partial charge on any atom is -0.364 e. The minimum atomic E-state index is -0.735. The smallest absolute Gasteiger partial charge is 0.273 e. The van der Waals surface area contributed by atoms with Gasteiger partial charge in [-0.15, -0.1) is 10.2 Å². The van der Waals surface area contributed by atoms with E-state index < -0.39 is 5.91 Å². The number of nitrogens with two attached hydrogens (primary N) is 1. The van der Waals surface area contributed by atoms with Crippen molar-refractivity contribution in [3.8, 4) is 0 Å². The number of likely N-dealkylation sites (N-methyl/N-ethyl adjacent to an activating group) is 1. The van der Waals surface area contributed by atoms with E-state index in [1.807, 2.05) is 49.2 Å². The number of aromatic nitrogens is 4.